The zero-order chi connectivity index (χ0) is 22.1. The number of benzene rings is 1. The monoisotopic (exact) mass is 430 g/mol. The molecule has 4 aromatic rings. The molecule has 0 bridgehead atoms. The summed E-state index contributed by atoms with van der Waals surface area (Å²) in [6.07, 6.45) is 4.10. The standard InChI is InChI=1S/C24H23FN6O/c1-30-23(14-20(28-30)16-7-9-18(25)10-8-16)24(32)27-12-13-31-22(17-5-6-17)15-21(29-31)19-4-2-3-11-26-19/h2-4,7-11,14-15,17H,5-6,12-13H2,1H3,(H,27,32). The molecule has 3 aromatic heterocycles. The molecule has 1 N–H and O–H groups in total. The lowest BCUT2D eigenvalue weighted by Gasteiger charge is -2.08. The van der Waals surface area contributed by atoms with Gasteiger partial charge in [-0.05, 0) is 61.4 Å². The molecule has 3 heterocycles. The van der Waals surface area contributed by atoms with E-state index in [1.807, 2.05) is 22.9 Å². The summed E-state index contributed by atoms with van der Waals surface area (Å²) in [5, 5.41) is 12.1. The van der Waals surface area contributed by atoms with Crippen LogP contribution in [0.5, 0.6) is 0 Å². The highest BCUT2D eigenvalue weighted by Gasteiger charge is 2.28. The summed E-state index contributed by atoms with van der Waals surface area (Å²) in [6.45, 7) is 1.02. The summed E-state index contributed by atoms with van der Waals surface area (Å²) in [5.74, 6) is 0.0162. The Morgan fingerprint density at radius 3 is 2.59 bits per heavy atom. The molecule has 1 fully saturated rings. The third-order valence-electron chi connectivity index (χ3n) is 5.60. The Morgan fingerprint density at radius 1 is 1.06 bits per heavy atom. The van der Waals surface area contributed by atoms with Crippen molar-refractivity contribution < 1.29 is 9.18 Å². The number of carbonyl (C=O) groups excluding carboxylic acids is 1. The SMILES string of the molecule is Cn1nc(-c2ccc(F)cc2)cc1C(=O)NCCn1nc(-c2ccccn2)cc1C1CC1. The van der Waals surface area contributed by atoms with Gasteiger partial charge in [-0.2, -0.15) is 10.2 Å². The van der Waals surface area contributed by atoms with Crippen molar-refractivity contribution in [3.8, 4) is 22.6 Å². The maximum Gasteiger partial charge on any atom is 0.269 e. The number of hydrogen-bond acceptors (Lipinski definition) is 4. The fourth-order valence-electron chi connectivity index (χ4n) is 3.76. The second kappa shape index (κ2) is 8.37. The van der Waals surface area contributed by atoms with Crippen LogP contribution in [0.2, 0.25) is 0 Å². The van der Waals surface area contributed by atoms with Crippen molar-refractivity contribution in [2.45, 2.75) is 25.3 Å². The van der Waals surface area contributed by atoms with Gasteiger partial charge >= 0.3 is 0 Å². The smallest absolute Gasteiger partial charge is 0.269 e. The molecule has 0 saturated heterocycles. The largest absolute Gasteiger partial charge is 0.349 e. The lowest BCUT2D eigenvalue weighted by Crippen LogP contribution is -2.29. The summed E-state index contributed by atoms with van der Waals surface area (Å²) < 4.78 is 16.7. The molecular weight excluding hydrogens is 407 g/mol. The molecule has 1 aromatic carbocycles. The van der Waals surface area contributed by atoms with Gasteiger partial charge in [0.1, 0.15) is 17.2 Å². The van der Waals surface area contributed by atoms with E-state index in [1.54, 1.807) is 31.4 Å². The topological polar surface area (TPSA) is 77.6 Å². The number of aryl methyl sites for hydroxylation is 1. The van der Waals surface area contributed by atoms with Gasteiger partial charge in [0.2, 0.25) is 0 Å². The van der Waals surface area contributed by atoms with Gasteiger partial charge in [0.15, 0.2) is 0 Å². The molecule has 7 nitrogen and oxygen atoms in total. The molecule has 0 unspecified atom stereocenters. The highest BCUT2D eigenvalue weighted by Crippen LogP contribution is 2.41. The van der Waals surface area contributed by atoms with Gasteiger partial charge < -0.3 is 5.32 Å². The van der Waals surface area contributed by atoms with Crippen LogP contribution >= 0.6 is 0 Å². The van der Waals surface area contributed by atoms with E-state index in [9.17, 15) is 9.18 Å². The zero-order valence-corrected chi connectivity index (χ0v) is 17.7. The van der Waals surface area contributed by atoms with E-state index in [0.717, 1.165) is 17.0 Å². The van der Waals surface area contributed by atoms with Gasteiger partial charge in [-0.15, -0.1) is 0 Å². The van der Waals surface area contributed by atoms with Crippen LogP contribution in [0.3, 0.4) is 0 Å². The molecule has 1 saturated carbocycles. The maximum atomic E-state index is 13.2. The Labute approximate surface area is 184 Å². The minimum Gasteiger partial charge on any atom is -0.349 e. The van der Waals surface area contributed by atoms with Crippen molar-refractivity contribution in [2.75, 3.05) is 6.54 Å². The average Bonchev–Trinajstić information content (AvgIpc) is 3.45. The number of halogens is 1. The Balaban J connectivity index is 1.26. The minimum atomic E-state index is -0.307. The van der Waals surface area contributed by atoms with Crippen molar-refractivity contribution in [3.63, 3.8) is 0 Å². The third kappa shape index (κ3) is 4.16. The average molecular weight is 430 g/mol. The van der Waals surface area contributed by atoms with Crippen LogP contribution in [-0.4, -0.2) is 37.0 Å². The number of aromatic nitrogens is 5. The Morgan fingerprint density at radius 2 is 1.88 bits per heavy atom. The summed E-state index contributed by atoms with van der Waals surface area (Å²) in [5.41, 5.74) is 4.73. The summed E-state index contributed by atoms with van der Waals surface area (Å²) in [6, 6.07) is 15.7. The van der Waals surface area contributed by atoms with Gasteiger partial charge in [0.05, 0.1) is 17.9 Å². The number of carbonyl (C=O) groups is 1. The minimum absolute atomic E-state index is 0.210. The van der Waals surface area contributed by atoms with Gasteiger partial charge in [0.25, 0.3) is 5.91 Å². The third-order valence-corrected chi connectivity index (χ3v) is 5.60. The van der Waals surface area contributed by atoms with Gasteiger partial charge in [0, 0.05) is 37.0 Å². The zero-order valence-electron chi connectivity index (χ0n) is 17.7. The summed E-state index contributed by atoms with van der Waals surface area (Å²) >= 11 is 0. The van der Waals surface area contributed by atoms with Crippen LogP contribution in [0.4, 0.5) is 4.39 Å². The van der Waals surface area contributed by atoms with E-state index < -0.39 is 0 Å². The van der Waals surface area contributed by atoms with Crippen LogP contribution < -0.4 is 5.32 Å². The van der Waals surface area contributed by atoms with Crippen LogP contribution in [0.15, 0.2) is 60.8 Å². The van der Waals surface area contributed by atoms with Crippen LogP contribution in [0.25, 0.3) is 22.6 Å². The summed E-state index contributed by atoms with van der Waals surface area (Å²) in [4.78, 5) is 17.1. The van der Waals surface area contributed by atoms with E-state index in [2.05, 4.69) is 21.5 Å². The van der Waals surface area contributed by atoms with E-state index in [0.29, 0.717) is 30.4 Å². The first-order valence-corrected chi connectivity index (χ1v) is 10.7. The summed E-state index contributed by atoms with van der Waals surface area (Å²) in [7, 11) is 1.72. The van der Waals surface area contributed by atoms with E-state index >= 15 is 0 Å². The number of nitrogens with zero attached hydrogens (tertiary/aromatic N) is 5. The fraction of sp³-hybridized carbons (Fsp3) is 0.250. The molecule has 0 spiro atoms. The molecule has 5 rings (SSSR count). The highest BCUT2D eigenvalue weighted by molar-refractivity contribution is 5.93. The number of pyridine rings is 1. The van der Waals surface area contributed by atoms with E-state index in [1.165, 1.54) is 35.4 Å². The lowest BCUT2D eigenvalue weighted by atomic mass is 10.1. The second-order valence-corrected chi connectivity index (χ2v) is 7.97. The van der Waals surface area contributed by atoms with Crippen molar-refractivity contribution in [2.24, 2.45) is 7.05 Å². The maximum absolute atomic E-state index is 13.2. The first kappa shape index (κ1) is 20.1. The van der Waals surface area contributed by atoms with Crippen molar-refractivity contribution >= 4 is 5.91 Å². The Hall–Kier alpha value is -3.81. The predicted octanol–water partition coefficient (Wildman–Crippen LogP) is 3.79. The molecule has 162 valence electrons. The number of nitrogens with one attached hydrogen (secondary N) is 1. The molecule has 32 heavy (non-hydrogen) atoms. The first-order valence-electron chi connectivity index (χ1n) is 10.7. The number of rotatable bonds is 7. The second-order valence-electron chi connectivity index (χ2n) is 7.97. The van der Waals surface area contributed by atoms with Crippen molar-refractivity contribution in [1.82, 2.24) is 29.9 Å². The van der Waals surface area contributed by atoms with Gasteiger partial charge in [-0.25, -0.2) is 4.39 Å². The lowest BCUT2D eigenvalue weighted by molar-refractivity contribution is 0.0942. The highest BCUT2D eigenvalue weighted by atomic mass is 19.1. The van der Waals surface area contributed by atoms with Crippen LogP contribution in [0.1, 0.15) is 34.9 Å². The Kier molecular flexibility index (Phi) is 5.26. The quantitative estimate of drug-likeness (QED) is 0.484. The first-order chi connectivity index (χ1) is 15.6. The molecule has 1 aliphatic carbocycles. The van der Waals surface area contributed by atoms with Crippen LogP contribution in [0, 0.1) is 5.82 Å². The van der Waals surface area contributed by atoms with Gasteiger partial charge in [-0.3, -0.25) is 19.1 Å². The van der Waals surface area contributed by atoms with E-state index in [-0.39, 0.29) is 11.7 Å². The van der Waals surface area contributed by atoms with Crippen LogP contribution in [-0.2, 0) is 13.6 Å². The van der Waals surface area contributed by atoms with Crippen molar-refractivity contribution in [3.05, 3.63) is 78.0 Å². The van der Waals surface area contributed by atoms with Crippen molar-refractivity contribution in [1.29, 1.82) is 0 Å². The molecule has 1 aliphatic rings. The molecular formula is C24H23FN6O. The molecule has 0 aliphatic heterocycles. The fourth-order valence-corrected chi connectivity index (χ4v) is 3.76. The normalized spacial score (nSPS) is 13.3. The molecule has 0 atom stereocenters. The van der Waals surface area contributed by atoms with E-state index in [4.69, 9.17) is 5.10 Å². The Bertz CT molecular complexity index is 1240. The number of hydrogen-bond donors (Lipinski definition) is 1. The number of amides is 1. The molecule has 1 amide bonds. The molecule has 8 heteroatoms. The predicted molar refractivity (Wildman–Crippen MR) is 118 cm³/mol. The van der Waals surface area contributed by atoms with Gasteiger partial charge in [-0.1, -0.05) is 6.07 Å². The molecule has 0 radical (unpaired) electrons.